The van der Waals surface area contributed by atoms with Gasteiger partial charge in [-0.2, -0.15) is 4.98 Å². The van der Waals surface area contributed by atoms with Gasteiger partial charge in [-0.1, -0.05) is 18.1 Å². The van der Waals surface area contributed by atoms with E-state index < -0.39 is 0 Å². The van der Waals surface area contributed by atoms with E-state index in [1.807, 2.05) is 24.3 Å². The summed E-state index contributed by atoms with van der Waals surface area (Å²) in [5, 5.41) is 7.50. The zero-order chi connectivity index (χ0) is 14.5. The number of piperidine rings is 1. The topological polar surface area (TPSA) is 60.2 Å². The lowest BCUT2D eigenvalue weighted by Crippen LogP contribution is -2.27. The van der Waals surface area contributed by atoms with Crippen molar-refractivity contribution < 1.29 is 9.26 Å². The fraction of sp³-hybridized carbons (Fsp3) is 0.500. The Labute approximate surface area is 124 Å². The molecular formula is C16H21N3O2. The van der Waals surface area contributed by atoms with Crippen molar-refractivity contribution in [1.29, 1.82) is 0 Å². The van der Waals surface area contributed by atoms with Crippen LogP contribution in [0.25, 0.3) is 11.5 Å². The summed E-state index contributed by atoms with van der Waals surface area (Å²) in [5.41, 5.74) is 0.913. The van der Waals surface area contributed by atoms with Gasteiger partial charge in [0, 0.05) is 11.5 Å². The first-order chi connectivity index (χ1) is 10.4. The fourth-order valence-electron chi connectivity index (χ4n) is 2.54. The summed E-state index contributed by atoms with van der Waals surface area (Å²) in [6.45, 7) is 4.85. The van der Waals surface area contributed by atoms with Crippen LogP contribution in [-0.4, -0.2) is 29.8 Å². The average Bonchev–Trinajstić information content (AvgIpc) is 3.04. The molecule has 1 aromatic carbocycles. The van der Waals surface area contributed by atoms with Gasteiger partial charge in [-0.15, -0.1) is 0 Å². The van der Waals surface area contributed by atoms with Crippen molar-refractivity contribution in [1.82, 2.24) is 15.5 Å². The van der Waals surface area contributed by atoms with E-state index in [9.17, 15) is 0 Å². The molecule has 2 heterocycles. The summed E-state index contributed by atoms with van der Waals surface area (Å²) in [6, 6.07) is 7.83. The summed E-state index contributed by atoms with van der Waals surface area (Å²) in [6.07, 6.45) is 3.13. The highest BCUT2D eigenvalue weighted by Gasteiger charge is 2.21. The molecular weight excluding hydrogens is 266 g/mol. The monoisotopic (exact) mass is 287 g/mol. The molecule has 1 aliphatic heterocycles. The number of rotatable bonds is 5. The smallest absolute Gasteiger partial charge is 0.258 e. The maximum Gasteiger partial charge on any atom is 0.258 e. The molecule has 2 aromatic rings. The number of nitrogens with zero attached hydrogens (tertiary/aromatic N) is 2. The standard InChI is InChI=1S/C16H21N3O2/c1-2-10-20-14-5-3-4-13(11-14)16-18-15(19-21-16)12-6-8-17-9-7-12/h3-5,11-12,17H,2,6-10H2,1H3. The van der Waals surface area contributed by atoms with E-state index in [0.717, 1.165) is 49.5 Å². The number of hydrogen-bond acceptors (Lipinski definition) is 5. The molecule has 0 unspecified atom stereocenters. The Morgan fingerprint density at radius 1 is 1.33 bits per heavy atom. The number of benzene rings is 1. The molecule has 1 fully saturated rings. The SMILES string of the molecule is CCCOc1cccc(-c2nc(C3CCNCC3)no2)c1. The van der Waals surface area contributed by atoms with E-state index in [-0.39, 0.29) is 0 Å². The van der Waals surface area contributed by atoms with Crippen molar-refractivity contribution in [2.75, 3.05) is 19.7 Å². The summed E-state index contributed by atoms with van der Waals surface area (Å²) in [5.74, 6) is 2.65. The third-order valence-electron chi connectivity index (χ3n) is 3.70. The molecule has 112 valence electrons. The van der Waals surface area contributed by atoms with Gasteiger partial charge in [-0.05, 0) is 50.6 Å². The van der Waals surface area contributed by atoms with E-state index >= 15 is 0 Å². The van der Waals surface area contributed by atoms with Crippen molar-refractivity contribution in [3.63, 3.8) is 0 Å². The van der Waals surface area contributed by atoms with Gasteiger partial charge in [-0.3, -0.25) is 0 Å². The minimum atomic E-state index is 0.406. The predicted molar refractivity (Wildman–Crippen MR) is 80.4 cm³/mol. The van der Waals surface area contributed by atoms with Crippen LogP contribution in [0.4, 0.5) is 0 Å². The molecule has 0 spiro atoms. The molecule has 3 rings (SSSR count). The average molecular weight is 287 g/mol. The minimum absolute atomic E-state index is 0.406. The van der Waals surface area contributed by atoms with Crippen LogP contribution in [0.3, 0.4) is 0 Å². The van der Waals surface area contributed by atoms with Crippen LogP contribution in [0.2, 0.25) is 0 Å². The summed E-state index contributed by atoms with van der Waals surface area (Å²) < 4.78 is 11.1. The maximum absolute atomic E-state index is 5.64. The lowest BCUT2D eigenvalue weighted by atomic mass is 9.98. The fourth-order valence-corrected chi connectivity index (χ4v) is 2.54. The Bertz CT molecular complexity index is 576. The highest BCUT2D eigenvalue weighted by molar-refractivity contribution is 5.55. The molecule has 1 saturated heterocycles. The molecule has 1 N–H and O–H groups in total. The van der Waals surface area contributed by atoms with Gasteiger partial charge in [0.15, 0.2) is 5.82 Å². The molecule has 0 saturated carbocycles. The van der Waals surface area contributed by atoms with Crippen LogP contribution in [0.1, 0.15) is 37.9 Å². The lowest BCUT2D eigenvalue weighted by Gasteiger charge is -2.18. The van der Waals surface area contributed by atoms with Gasteiger partial charge < -0.3 is 14.6 Å². The first kappa shape index (κ1) is 14.1. The highest BCUT2D eigenvalue weighted by atomic mass is 16.5. The second-order valence-corrected chi connectivity index (χ2v) is 5.36. The first-order valence-electron chi connectivity index (χ1n) is 7.64. The first-order valence-corrected chi connectivity index (χ1v) is 7.64. The van der Waals surface area contributed by atoms with E-state index in [4.69, 9.17) is 9.26 Å². The maximum atomic E-state index is 5.64. The van der Waals surface area contributed by atoms with E-state index in [1.54, 1.807) is 0 Å². The summed E-state index contributed by atoms with van der Waals surface area (Å²) in [7, 11) is 0. The Kier molecular flexibility index (Phi) is 4.50. The van der Waals surface area contributed by atoms with Gasteiger partial charge in [0.2, 0.25) is 0 Å². The predicted octanol–water partition coefficient (Wildman–Crippen LogP) is 2.99. The second kappa shape index (κ2) is 6.72. The van der Waals surface area contributed by atoms with Crippen LogP contribution < -0.4 is 10.1 Å². The van der Waals surface area contributed by atoms with Crippen molar-refractivity contribution in [3.05, 3.63) is 30.1 Å². The highest BCUT2D eigenvalue weighted by Crippen LogP contribution is 2.27. The molecule has 1 aliphatic rings. The van der Waals surface area contributed by atoms with Crippen LogP contribution >= 0.6 is 0 Å². The van der Waals surface area contributed by atoms with Gasteiger partial charge in [-0.25, -0.2) is 0 Å². The third-order valence-corrected chi connectivity index (χ3v) is 3.70. The van der Waals surface area contributed by atoms with Crippen molar-refractivity contribution in [2.24, 2.45) is 0 Å². The van der Waals surface area contributed by atoms with Crippen LogP contribution in [0.5, 0.6) is 5.75 Å². The summed E-state index contributed by atoms with van der Waals surface area (Å²) >= 11 is 0. The number of ether oxygens (including phenoxy) is 1. The second-order valence-electron chi connectivity index (χ2n) is 5.36. The lowest BCUT2D eigenvalue weighted by molar-refractivity contribution is 0.317. The minimum Gasteiger partial charge on any atom is -0.494 e. The normalized spacial score (nSPS) is 16.0. The molecule has 0 bridgehead atoms. The Balaban J connectivity index is 1.76. The van der Waals surface area contributed by atoms with Crippen molar-refractivity contribution >= 4 is 0 Å². The van der Waals surface area contributed by atoms with E-state index in [2.05, 4.69) is 22.4 Å². The Morgan fingerprint density at radius 2 is 2.19 bits per heavy atom. The number of hydrogen-bond donors (Lipinski definition) is 1. The number of aromatic nitrogens is 2. The zero-order valence-electron chi connectivity index (χ0n) is 12.3. The van der Waals surface area contributed by atoms with Crippen LogP contribution in [0.15, 0.2) is 28.8 Å². The molecule has 5 heteroatoms. The van der Waals surface area contributed by atoms with E-state index in [1.165, 1.54) is 0 Å². The molecule has 1 aromatic heterocycles. The van der Waals surface area contributed by atoms with Crippen molar-refractivity contribution in [2.45, 2.75) is 32.1 Å². The van der Waals surface area contributed by atoms with Crippen LogP contribution in [-0.2, 0) is 0 Å². The molecule has 0 amide bonds. The van der Waals surface area contributed by atoms with Crippen molar-refractivity contribution in [3.8, 4) is 17.2 Å². The van der Waals surface area contributed by atoms with Gasteiger partial charge in [0.25, 0.3) is 5.89 Å². The quantitative estimate of drug-likeness (QED) is 0.916. The largest absolute Gasteiger partial charge is 0.494 e. The molecule has 5 nitrogen and oxygen atoms in total. The van der Waals surface area contributed by atoms with Gasteiger partial charge in [0.05, 0.1) is 6.61 Å². The molecule has 0 radical (unpaired) electrons. The van der Waals surface area contributed by atoms with E-state index in [0.29, 0.717) is 18.4 Å². The van der Waals surface area contributed by atoms with Gasteiger partial charge >= 0.3 is 0 Å². The Morgan fingerprint density at radius 3 is 3.00 bits per heavy atom. The zero-order valence-corrected chi connectivity index (χ0v) is 12.3. The summed E-state index contributed by atoms with van der Waals surface area (Å²) in [4.78, 5) is 4.56. The molecule has 21 heavy (non-hydrogen) atoms. The van der Waals surface area contributed by atoms with Crippen LogP contribution in [0, 0.1) is 0 Å². The Hall–Kier alpha value is -1.88. The molecule has 0 aliphatic carbocycles. The molecule has 0 atom stereocenters. The van der Waals surface area contributed by atoms with Gasteiger partial charge in [0.1, 0.15) is 5.75 Å². The number of nitrogens with one attached hydrogen (secondary N) is 1. The third kappa shape index (κ3) is 3.42.